The van der Waals surface area contributed by atoms with E-state index in [0.717, 1.165) is 11.1 Å². The Labute approximate surface area is 201 Å². The molecule has 2 aromatic rings. The minimum atomic E-state index is -1.59. The molecule has 0 radical (unpaired) electrons. The second-order valence-electron chi connectivity index (χ2n) is 10.4. The molecule has 2 aromatic carbocycles. The molecular weight excluding hydrogens is 434 g/mol. The van der Waals surface area contributed by atoms with Gasteiger partial charge in [-0.05, 0) is 59.2 Å². The van der Waals surface area contributed by atoms with E-state index in [-0.39, 0.29) is 12.8 Å². The van der Waals surface area contributed by atoms with Crippen molar-refractivity contribution in [2.45, 2.75) is 77.8 Å². The summed E-state index contributed by atoms with van der Waals surface area (Å²) in [6.45, 7) is 11.0. The van der Waals surface area contributed by atoms with Crippen LogP contribution in [-0.4, -0.2) is 34.5 Å². The van der Waals surface area contributed by atoms with Crippen molar-refractivity contribution in [1.29, 1.82) is 0 Å². The number of hydrogen-bond donors (Lipinski definition) is 0. The summed E-state index contributed by atoms with van der Waals surface area (Å²) in [5.41, 5.74) is -0.726. The molecule has 1 aliphatic heterocycles. The molecule has 34 heavy (non-hydrogen) atoms. The predicted octanol–water partition coefficient (Wildman–Crippen LogP) is 5.20. The zero-order valence-electron chi connectivity index (χ0n) is 20.7. The topological polar surface area (TPSA) is 83.4 Å². The van der Waals surface area contributed by atoms with E-state index in [4.69, 9.17) is 19.0 Å². The summed E-state index contributed by atoms with van der Waals surface area (Å²) in [5, 5.41) is 4.17. The Morgan fingerprint density at radius 3 is 2.26 bits per heavy atom. The molecule has 3 rings (SSSR count). The lowest BCUT2D eigenvalue weighted by atomic mass is 9.90. The number of rotatable bonds is 7. The zero-order chi connectivity index (χ0) is 25.0. The average molecular weight is 468 g/mol. The van der Waals surface area contributed by atoms with Gasteiger partial charge in [-0.3, -0.25) is 4.79 Å². The van der Waals surface area contributed by atoms with Crippen molar-refractivity contribution in [3.05, 3.63) is 65.7 Å². The Kier molecular flexibility index (Phi) is 7.34. The Balaban J connectivity index is 1.77. The van der Waals surface area contributed by atoms with Crippen LogP contribution in [0.25, 0.3) is 0 Å². The van der Waals surface area contributed by atoms with Crippen LogP contribution in [-0.2, 0) is 30.5 Å². The largest absolute Gasteiger partial charge is 0.489 e. The first-order valence-electron chi connectivity index (χ1n) is 11.3. The summed E-state index contributed by atoms with van der Waals surface area (Å²) in [5.74, 6) is -0.554. The maximum absolute atomic E-state index is 13.1. The third-order valence-electron chi connectivity index (χ3n) is 4.82. The van der Waals surface area contributed by atoms with E-state index in [2.05, 4.69) is 5.16 Å². The van der Waals surface area contributed by atoms with Crippen molar-refractivity contribution >= 4 is 17.7 Å². The van der Waals surface area contributed by atoms with Gasteiger partial charge in [0.2, 0.25) is 5.60 Å². The molecule has 182 valence electrons. The van der Waals surface area contributed by atoms with Crippen LogP contribution in [0.15, 0.2) is 59.8 Å². The molecule has 1 heterocycles. The molecule has 0 amide bonds. The molecule has 0 N–H and O–H groups in total. The fourth-order valence-electron chi connectivity index (χ4n) is 3.40. The van der Waals surface area contributed by atoms with Crippen LogP contribution in [0.2, 0.25) is 0 Å². The molecule has 0 aliphatic carbocycles. The van der Waals surface area contributed by atoms with Crippen molar-refractivity contribution in [3.63, 3.8) is 0 Å². The highest BCUT2D eigenvalue weighted by Gasteiger charge is 2.52. The van der Waals surface area contributed by atoms with Crippen LogP contribution in [0.5, 0.6) is 5.75 Å². The van der Waals surface area contributed by atoms with Crippen molar-refractivity contribution in [2.75, 3.05) is 0 Å². The summed E-state index contributed by atoms with van der Waals surface area (Å²) < 4.78 is 16.9. The summed E-state index contributed by atoms with van der Waals surface area (Å²) >= 11 is 0. The van der Waals surface area contributed by atoms with Gasteiger partial charge in [-0.25, -0.2) is 4.79 Å². The zero-order valence-corrected chi connectivity index (χ0v) is 20.7. The predicted molar refractivity (Wildman–Crippen MR) is 128 cm³/mol. The monoisotopic (exact) mass is 467 g/mol. The summed E-state index contributed by atoms with van der Waals surface area (Å²) in [7, 11) is 0. The van der Waals surface area contributed by atoms with Crippen molar-refractivity contribution in [2.24, 2.45) is 5.16 Å². The van der Waals surface area contributed by atoms with Gasteiger partial charge in [0, 0.05) is 12.0 Å². The van der Waals surface area contributed by atoms with Gasteiger partial charge in [-0.2, -0.15) is 0 Å². The quantitative estimate of drug-likeness (QED) is 0.520. The van der Waals surface area contributed by atoms with E-state index >= 15 is 0 Å². The number of ether oxygens (including phenoxy) is 3. The molecule has 1 unspecified atom stereocenters. The maximum Gasteiger partial charge on any atom is 0.354 e. The first kappa shape index (κ1) is 25.3. The first-order valence-corrected chi connectivity index (χ1v) is 11.3. The van der Waals surface area contributed by atoms with Crippen LogP contribution in [0.3, 0.4) is 0 Å². The fourth-order valence-corrected chi connectivity index (χ4v) is 3.40. The molecule has 0 aromatic heterocycles. The highest BCUT2D eigenvalue weighted by Crippen LogP contribution is 2.34. The lowest BCUT2D eigenvalue weighted by Crippen LogP contribution is -2.46. The molecule has 1 aliphatic rings. The van der Waals surface area contributed by atoms with Crippen LogP contribution >= 0.6 is 0 Å². The third kappa shape index (κ3) is 7.07. The van der Waals surface area contributed by atoms with Gasteiger partial charge in [0.25, 0.3) is 0 Å². The van der Waals surface area contributed by atoms with E-state index in [1.807, 2.05) is 54.6 Å². The Morgan fingerprint density at radius 2 is 1.62 bits per heavy atom. The molecule has 0 bridgehead atoms. The van der Waals surface area contributed by atoms with Gasteiger partial charge >= 0.3 is 11.9 Å². The summed E-state index contributed by atoms with van der Waals surface area (Å²) in [6, 6.07) is 17.2. The molecule has 7 nitrogen and oxygen atoms in total. The van der Waals surface area contributed by atoms with E-state index in [0.29, 0.717) is 18.1 Å². The van der Waals surface area contributed by atoms with E-state index in [1.165, 1.54) is 0 Å². The standard InChI is InChI=1S/C27H33NO6/c1-25(2,3)32-23(29)17-27(24(30)33-26(4,5)6)16-22(28-34-27)20-13-10-14-21(15-20)31-18-19-11-8-7-9-12-19/h7-15H,16-18H2,1-6H3. The second kappa shape index (κ2) is 9.87. The number of carbonyl (C=O) groups is 2. The van der Waals surface area contributed by atoms with Crippen LogP contribution in [0.1, 0.15) is 65.5 Å². The number of hydrogen-bond acceptors (Lipinski definition) is 7. The van der Waals surface area contributed by atoms with Crippen LogP contribution in [0, 0.1) is 0 Å². The minimum absolute atomic E-state index is 0.0727. The first-order chi connectivity index (χ1) is 15.9. The van der Waals surface area contributed by atoms with Crippen molar-refractivity contribution in [3.8, 4) is 5.75 Å². The number of oxime groups is 1. The highest BCUT2D eigenvalue weighted by atomic mass is 16.7. The fraction of sp³-hybridized carbons (Fsp3) is 0.444. The van der Waals surface area contributed by atoms with Gasteiger partial charge < -0.3 is 19.0 Å². The SMILES string of the molecule is CC(C)(C)OC(=O)CC1(C(=O)OC(C)(C)C)CC(c2cccc(OCc3ccccc3)c2)=NO1. The van der Waals surface area contributed by atoms with Crippen LogP contribution in [0.4, 0.5) is 0 Å². The lowest BCUT2D eigenvalue weighted by Gasteiger charge is -2.29. The van der Waals surface area contributed by atoms with Gasteiger partial charge in [0.05, 0.1) is 12.1 Å². The number of nitrogens with zero attached hydrogens (tertiary/aromatic N) is 1. The second-order valence-corrected chi connectivity index (χ2v) is 10.4. The highest BCUT2D eigenvalue weighted by molar-refractivity contribution is 6.05. The van der Waals surface area contributed by atoms with Crippen molar-refractivity contribution < 1.29 is 28.6 Å². The van der Waals surface area contributed by atoms with Gasteiger partial charge in [-0.1, -0.05) is 47.6 Å². The van der Waals surface area contributed by atoms with Crippen molar-refractivity contribution in [1.82, 2.24) is 0 Å². The smallest absolute Gasteiger partial charge is 0.354 e. The maximum atomic E-state index is 13.1. The molecule has 7 heteroatoms. The number of esters is 2. The van der Waals surface area contributed by atoms with Gasteiger partial charge in [-0.15, -0.1) is 0 Å². The van der Waals surface area contributed by atoms with Crippen LogP contribution < -0.4 is 4.74 Å². The summed E-state index contributed by atoms with van der Waals surface area (Å²) in [6.07, 6.45) is -0.236. The third-order valence-corrected chi connectivity index (χ3v) is 4.82. The Bertz CT molecular complexity index is 1050. The Hall–Kier alpha value is -3.35. The van der Waals surface area contributed by atoms with E-state index < -0.39 is 28.7 Å². The molecular formula is C27H33NO6. The van der Waals surface area contributed by atoms with Gasteiger partial charge in [0.1, 0.15) is 23.6 Å². The Morgan fingerprint density at radius 1 is 0.941 bits per heavy atom. The normalized spacial score (nSPS) is 18.0. The average Bonchev–Trinajstić information content (AvgIpc) is 3.16. The van der Waals surface area contributed by atoms with Gasteiger partial charge in [0.15, 0.2) is 0 Å². The van der Waals surface area contributed by atoms with E-state index in [9.17, 15) is 9.59 Å². The summed E-state index contributed by atoms with van der Waals surface area (Å²) in [4.78, 5) is 31.4. The number of benzene rings is 2. The minimum Gasteiger partial charge on any atom is -0.489 e. The number of carbonyl (C=O) groups excluding carboxylic acids is 2. The molecule has 0 spiro atoms. The van der Waals surface area contributed by atoms with E-state index in [1.54, 1.807) is 41.5 Å². The lowest BCUT2D eigenvalue weighted by molar-refractivity contribution is -0.188. The molecule has 1 atom stereocenters. The molecule has 0 saturated carbocycles. The molecule has 0 fully saturated rings. The molecule has 0 saturated heterocycles.